The molecule has 0 fully saturated rings. The largest absolute Gasteiger partial charge is 0.366 e. The number of primary amides is 1. The van der Waals surface area contributed by atoms with Crippen LogP contribution in [0.15, 0.2) is 48.5 Å². The number of aryl methyl sites for hydroxylation is 1. The molecule has 0 aromatic heterocycles. The first-order chi connectivity index (χ1) is 9.16. The van der Waals surface area contributed by atoms with Crippen LogP contribution in [0, 0.1) is 6.92 Å². The van der Waals surface area contributed by atoms with Crippen molar-refractivity contribution >= 4 is 5.91 Å². The summed E-state index contributed by atoms with van der Waals surface area (Å²) >= 11 is 0. The monoisotopic (exact) mass is 254 g/mol. The maximum atomic E-state index is 11.1. The molecule has 3 nitrogen and oxygen atoms in total. The molecule has 98 valence electrons. The summed E-state index contributed by atoms with van der Waals surface area (Å²) in [4.78, 5) is 11.1. The molecule has 0 heterocycles. The van der Waals surface area contributed by atoms with Gasteiger partial charge in [0.15, 0.2) is 0 Å². The van der Waals surface area contributed by atoms with Gasteiger partial charge in [0.05, 0.1) is 0 Å². The molecule has 0 aliphatic carbocycles. The number of nitrogens with two attached hydrogens (primary N) is 1. The Bertz CT molecular complexity index is 578. The van der Waals surface area contributed by atoms with Gasteiger partial charge in [0.1, 0.15) is 0 Å². The van der Waals surface area contributed by atoms with Crippen molar-refractivity contribution in [1.82, 2.24) is 5.32 Å². The Morgan fingerprint density at radius 1 is 1.11 bits per heavy atom. The van der Waals surface area contributed by atoms with Crippen molar-refractivity contribution in [2.24, 2.45) is 5.73 Å². The Morgan fingerprint density at radius 2 is 1.89 bits per heavy atom. The second kappa shape index (κ2) is 6.16. The molecule has 0 saturated heterocycles. The number of rotatable bonds is 5. The Morgan fingerprint density at radius 3 is 2.63 bits per heavy atom. The summed E-state index contributed by atoms with van der Waals surface area (Å²) in [5, 5.41) is 3.37. The van der Waals surface area contributed by atoms with Crippen LogP contribution in [0.3, 0.4) is 0 Å². The van der Waals surface area contributed by atoms with Gasteiger partial charge in [-0.25, -0.2) is 0 Å². The predicted molar refractivity (Wildman–Crippen MR) is 76.7 cm³/mol. The minimum absolute atomic E-state index is 0.388. The number of nitrogens with one attached hydrogen (secondary N) is 1. The maximum absolute atomic E-state index is 11.1. The van der Waals surface area contributed by atoms with E-state index in [0.29, 0.717) is 5.56 Å². The van der Waals surface area contributed by atoms with Gasteiger partial charge in [-0.15, -0.1) is 0 Å². The fourth-order valence-electron chi connectivity index (χ4n) is 1.98. The summed E-state index contributed by atoms with van der Waals surface area (Å²) in [6.07, 6.45) is 0. The zero-order chi connectivity index (χ0) is 13.7. The summed E-state index contributed by atoms with van der Waals surface area (Å²) in [6, 6.07) is 15.7. The molecular weight excluding hydrogens is 236 g/mol. The van der Waals surface area contributed by atoms with E-state index in [1.54, 1.807) is 6.07 Å². The van der Waals surface area contributed by atoms with Crippen molar-refractivity contribution in [3.8, 4) is 0 Å². The van der Waals surface area contributed by atoms with Crippen LogP contribution < -0.4 is 11.1 Å². The molecule has 0 aliphatic rings. The van der Waals surface area contributed by atoms with Crippen LogP contribution in [0.5, 0.6) is 0 Å². The summed E-state index contributed by atoms with van der Waals surface area (Å²) in [5.74, 6) is -0.388. The van der Waals surface area contributed by atoms with Crippen LogP contribution in [0.4, 0.5) is 0 Å². The average Bonchev–Trinajstić information content (AvgIpc) is 2.41. The molecule has 2 aromatic rings. The van der Waals surface area contributed by atoms with Crippen LogP contribution in [0.1, 0.15) is 27.0 Å². The molecule has 1 amide bonds. The molecular formula is C16H18N2O. The average molecular weight is 254 g/mol. The Kier molecular flexibility index (Phi) is 4.31. The highest BCUT2D eigenvalue weighted by molar-refractivity contribution is 5.92. The molecule has 0 aliphatic heterocycles. The Hall–Kier alpha value is -2.13. The second-order valence-corrected chi connectivity index (χ2v) is 4.59. The lowest BCUT2D eigenvalue weighted by Gasteiger charge is -2.08. The molecule has 0 spiro atoms. The normalized spacial score (nSPS) is 10.4. The number of carbonyl (C=O) groups excluding carboxylic acids is 1. The molecule has 3 heteroatoms. The number of amides is 1. The second-order valence-electron chi connectivity index (χ2n) is 4.59. The Balaban J connectivity index is 1.94. The fourth-order valence-corrected chi connectivity index (χ4v) is 1.98. The zero-order valence-corrected chi connectivity index (χ0v) is 11.0. The third-order valence-electron chi connectivity index (χ3n) is 3.12. The van der Waals surface area contributed by atoms with Crippen molar-refractivity contribution in [1.29, 1.82) is 0 Å². The number of hydrogen-bond donors (Lipinski definition) is 2. The SMILES string of the molecule is Cc1ccccc1CNCc1cccc(C(N)=O)c1. The standard InChI is InChI=1S/C16H18N2O/c1-12-5-2-3-7-15(12)11-18-10-13-6-4-8-14(9-13)16(17)19/h2-9,18H,10-11H2,1H3,(H2,17,19). The minimum Gasteiger partial charge on any atom is -0.366 e. The first kappa shape index (κ1) is 13.3. The van der Waals surface area contributed by atoms with Crippen molar-refractivity contribution in [3.63, 3.8) is 0 Å². The third kappa shape index (κ3) is 3.66. The van der Waals surface area contributed by atoms with E-state index in [1.165, 1.54) is 11.1 Å². The summed E-state index contributed by atoms with van der Waals surface area (Å²) in [5.41, 5.74) is 9.44. The van der Waals surface area contributed by atoms with Gasteiger partial charge in [-0.05, 0) is 35.7 Å². The van der Waals surface area contributed by atoms with Crippen LogP contribution >= 0.6 is 0 Å². The lowest BCUT2D eigenvalue weighted by molar-refractivity contribution is 0.1000. The highest BCUT2D eigenvalue weighted by Crippen LogP contribution is 2.08. The van der Waals surface area contributed by atoms with E-state index in [0.717, 1.165) is 18.7 Å². The molecule has 0 radical (unpaired) electrons. The highest BCUT2D eigenvalue weighted by atomic mass is 16.1. The molecule has 0 unspecified atom stereocenters. The zero-order valence-electron chi connectivity index (χ0n) is 11.0. The molecule has 19 heavy (non-hydrogen) atoms. The van der Waals surface area contributed by atoms with E-state index >= 15 is 0 Å². The molecule has 0 bridgehead atoms. The fraction of sp³-hybridized carbons (Fsp3) is 0.188. The van der Waals surface area contributed by atoms with E-state index in [1.807, 2.05) is 30.3 Å². The topological polar surface area (TPSA) is 55.1 Å². The van der Waals surface area contributed by atoms with Crippen molar-refractivity contribution in [2.75, 3.05) is 0 Å². The maximum Gasteiger partial charge on any atom is 0.248 e. The number of benzene rings is 2. The minimum atomic E-state index is -0.388. The molecule has 0 saturated carbocycles. The van der Waals surface area contributed by atoms with E-state index < -0.39 is 0 Å². The van der Waals surface area contributed by atoms with Crippen LogP contribution in [0.2, 0.25) is 0 Å². The Labute approximate surface area is 113 Å². The number of hydrogen-bond acceptors (Lipinski definition) is 2. The van der Waals surface area contributed by atoms with Gasteiger partial charge in [-0.2, -0.15) is 0 Å². The van der Waals surface area contributed by atoms with Gasteiger partial charge in [-0.3, -0.25) is 4.79 Å². The first-order valence-electron chi connectivity index (χ1n) is 6.31. The van der Waals surface area contributed by atoms with E-state index in [2.05, 4.69) is 24.4 Å². The van der Waals surface area contributed by atoms with Crippen molar-refractivity contribution < 1.29 is 4.79 Å². The van der Waals surface area contributed by atoms with Crippen molar-refractivity contribution in [3.05, 3.63) is 70.8 Å². The van der Waals surface area contributed by atoms with Gasteiger partial charge < -0.3 is 11.1 Å². The summed E-state index contributed by atoms with van der Waals surface area (Å²) in [6.45, 7) is 3.63. The van der Waals surface area contributed by atoms with Gasteiger partial charge in [0.25, 0.3) is 0 Å². The van der Waals surface area contributed by atoms with Crippen LogP contribution in [-0.4, -0.2) is 5.91 Å². The van der Waals surface area contributed by atoms with Gasteiger partial charge >= 0.3 is 0 Å². The van der Waals surface area contributed by atoms with E-state index in [-0.39, 0.29) is 5.91 Å². The van der Waals surface area contributed by atoms with E-state index in [4.69, 9.17) is 5.73 Å². The lowest BCUT2D eigenvalue weighted by atomic mass is 10.1. The van der Waals surface area contributed by atoms with Crippen molar-refractivity contribution in [2.45, 2.75) is 20.0 Å². The van der Waals surface area contributed by atoms with Gasteiger partial charge in [-0.1, -0.05) is 36.4 Å². The highest BCUT2D eigenvalue weighted by Gasteiger charge is 2.01. The lowest BCUT2D eigenvalue weighted by Crippen LogP contribution is -2.15. The van der Waals surface area contributed by atoms with Crippen LogP contribution in [0.25, 0.3) is 0 Å². The molecule has 2 aromatic carbocycles. The third-order valence-corrected chi connectivity index (χ3v) is 3.12. The van der Waals surface area contributed by atoms with Gasteiger partial charge in [0.2, 0.25) is 5.91 Å². The molecule has 2 rings (SSSR count). The van der Waals surface area contributed by atoms with Crippen LogP contribution in [-0.2, 0) is 13.1 Å². The predicted octanol–water partition coefficient (Wildman–Crippen LogP) is 2.38. The van der Waals surface area contributed by atoms with E-state index in [9.17, 15) is 4.79 Å². The molecule has 3 N–H and O–H groups in total. The number of carbonyl (C=O) groups is 1. The smallest absolute Gasteiger partial charge is 0.248 e. The summed E-state index contributed by atoms with van der Waals surface area (Å²) < 4.78 is 0. The summed E-state index contributed by atoms with van der Waals surface area (Å²) in [7, 11) is 0. The first-order valence-corrected chi connectivity index (χ1v) is 6.31. The molecule has 0 atom stereocenters. The van der Waals surface area contributed by atoms with Gasteiger partial charge in [0, 0.05) is 18.7 Å². The quantitative estimate of drug-likeness (QED) is 0.860.